The Balaban J connectivity index is 1.97. The third-order valence-electron chi connectivity index (χ3n) is 3.56. The van der Waals surface area contributed by atoms with Crippen LogP contribution in [-0.4, -0.2) is 77.7 Å². The van der Waals surface area contributed by atoms with Gasteiger partial charge >= 0.3 is 12.0 Å². The van der Waals surface area contributed by atoms with Crippen molar-refractivity contribution < 1.29 is 24.2 Å². The Hall–Kier alpha value is -1.83. The minimum Gasteiger partial charge on any atom is -0.481 e. The van der Waals surface area contributed by atoms with Crippen LogP contribution in [0.25, 0.3) is 0 Å². The maximum atomic E-state index is 12.4. The summed E-state index contributed by atoms with van der Waals surface area (Å²) in [6.45, 7) is 3.57. The Kier molecular flexibility index (Phi) is 4.43. The van der Waals surface area contributed by atoms with Crippen LogP contribution in [0.2, 0.25) is 0 Å². The number of rotatable bonds is 2. The zero-order chi connectivity index (χ0) is 14.7. The fraction of sp³-hybridized carbons (Fsp3) is 0.750. The number of piperazine rings is 1. The minimum atomic E-state index is -0.949. The summed E-state index contributed by atoms with van der Waals surface area (Å²) in [4.78, 5) is 37.8. The SMILES string of the molecule is CC1C(=O)NCCN1C(=O)N1CCOC(CC(=O)O)C1. The number of morpholine rings is 1. The van der Waals surface area contributed by atoms with Crippen LogP contribution in [0.15, 0.2) is 0 Å². The lowest BCUT2D eigenvalue weighted by atomic mass is 10.2. The average molecular weight is 285 g/mol. The molecule has 0 aliphatic carbocycles. The van der Waals surface area contributed by atoms with Gasteiger partial charge in [0.05, 0.1) is 19.1 Å². The van der Waals surface area contributed by atoms with E-state index in [9.17, 15) is 14.4 Å². The van der Waals surface area contributed by atoms with E-state index in [0.717, 1.165) is 0 Å². The summed E-state index contributed by atoms with van der Waals surface area (Å²) in [5.41, 5.74) is 0. The molecule has 2 atom stereocenters. The number of ether oxygens (including phenoxy) is 1. The molecule has 0 radical (unpaired) electrons. The maximum absolute atomic E-state index is 12.4. The van der Waals surface area contributed by atoms with Crippen molar-refractivity contribution in [1.82, 2.24) is 15.1 Å². The van der Waals surface area contributed by atoms with Gasteiger partial charge in [-0.1, -0.05) is 0 Å². The molecule has 2 saturated heterocycles. The van der Waals surface area contributed by atoms with E-state index >= 15 is 0 Å². The minimum absolute atomic E-state index is 0.125. The lowest BCUT2D eigenvalue weighted by molar-refractivity contribution is -0.141. The monoisotopic (exact) mass is 285 g/mol. The van der Waals surface area contributed by atoms with Crippen molar-refractivity contribution in [1.29, 1.82) is 0 Å². The van der Waals surface area contributed by atoms with Crippen LogP contribution in [0.4, 0.5) is 4.79 Å². The second-order valence-corrected chi connectivity index (χ2v) is 4.98. The number of nitrogens with one attached hydrogen (secondary N) is 1. The van der Waals surface area contributed by atoms with Crippen molar-refractivity contribution in [2.24, 2.45) is 0 Å². The van der Waals surface area contributed by atoms with E-state index in [0.29, 0.717) is 26.2 Å². The van der Waals surface area contributed by atoms with Gasteiger partial charge in [-0.2, -0.15) is 0 Å². The molecule has 20 heavy (non-hydrogen) atoms. The summed E-state index contributed by atoms with van der Waals surface area (Å²) in [5.74, 6) is -1.12. The summed E-state index contributed by atoms with van der Waals surface area (Å²) >= 11 is 0. The summed E-state index contributed by atoms with van der Waals surface area (Å²) in [7, 11) is 0. The van der Waals surface area contributed by atoms with Crippen molar-refractivity contribution in [2.75, 3.05) is 32.8 Å². The lowest BCUT2D eigenvalue weighted by Gasteiger charge is -2.39. The molecule has 0 aromatic rings. The number of hydrogen-bond donors (Lipinski definition) is 2. The summed E-state index contributed by atoms with van der Waals surface area (Å²) < 4.78 is 5.33. The molecular weight excluding hydrogens is 266 g/mol. The summed E-state index contributed by atoms with van der Waals surface area (Å²) in [5, 5.41) is 11.5. The van der Waals surface area contributed by atoms with Crippen LogP contribution in [0.3, 0.4) is 0 Å². The number of urea groups is 1. The predicted molar refractivity (Wildman–Crippen MR) is 68.1 cm³/mol. The predicted octanol–water partition coefficient (Wildman–Crippen LogP) is -0.898. The molecule has 8 heteroatoms. The Labute approximate surface area is 116 Å². The fourth-order valence-corrected chi connectivity index (χ4v) is 2.44. The number of carboxylic acid groups (broad SMARTS) is 1. The number of nitrogens with zero attached hydrogens (tertiary/aromatic N) is 2. The third kappa shape index (κ3) is 3.19. The number of carbonyl (C=O) groups excluding carboxylic acids is 2. The largest absolute Gasteiger partial charge is 0.481 e. The molecule has 2 aliphatic heterocycles. The lowest BCUT2D eigenvalue weighted by Crippen LogP contribution is -2.60. The van der Waals surface area contributed by atoms with Crippen LogP contribution in [0.5, 0.6) is 0 Å². The quantitative estimate of drug-likeness (QED) is 0.685. The smallest absolute Gasteiger partial charge is 0.320 e. The van der Waals surface area contributed by atoms with Gasteiger partial charge in [0.1, 0.15) is 6.04 Å². The van der Waals surface area contributed by atoms with Crippen LogP contribution in [-0.2, 0) is 14.3 Å². The van der Waals surface area contributed by atoms with Crippen LogP contribution < -0.4 is 5.32 Å². The highest BCUT2D eigenvalue weighted by Crippen LogP contribution is 2.14. The molecule has 8 nitrogen and oxygen atoms in total. The van der Waals surface area contributed by atoms with Crippen LogP contribution >= 0.6 is 0 Å². The Morgan fingerprint density at radius 3 is 2.90 bits per heavy atom. The van der Waals surface area contributed by atoms with E-state index in [1.807, 2.05) is 0 Å². The van der Waals surface area contributed by atoms with Crippen molar-refractivity contribution in [3.63, 3.8) is 0 Å². The number of carboxylic acids is 1. The van der Waals surface area contributed by atoms with Gasteiger partial charge in [0.2, 0.25) is 5.91 Å². The molecule has 3 amide bonds. The van der Waals surface area contributed by atoms with E-state index in [-0.39, 0.29) is 24.9 Å². The van der Waals surface area contributed by atoms with Gasteiger partial charge < -0.3 is 25.0 Å². The van der Waals surface area contributed by atoms with Gasteiger partial charge in [-0.25, -0.2) is 4.79 Å². The number of hydrogen-bond acceptors (Lipinski definition) is 4. The van der Waals surface area contributed by atoms with Gasteiger partial charge in [-0.3, -0.25) is 9.59 Å². The molecular formula is C12H19N3O5. The molecule has 0 bridgehead atoms. The van der Waals surface area contributed by atoms with E-state index < -0.39 is 18.1 Å². The molecule has 2 heterocycles. The standard InChI is InChI=1S/C12H19N3O5/c1-8-11(18)13-2-3-15(8)12(19)14-4-5-20-9(7-14)6-10(16)17/h8-9H,2-7H2,1H3,(H,13,18)(H,16,17). The first-order valence-electron chi connectivity index (χ1n) is 6.65. The van der Waals surface area contributed by atoms with E-state index in [1.54, 1.807) is 11.8 Å². The van der Waals surface area contributed by atoms with Crippen molar-refractivity contribution in [3.05, 3.63) is 0 Å². The first-order chi connectivity index (χ1) is 9.49. The van der Waals surface area contributed by atoms with Gasteiger partial charge in [0.15, 0.2) is 0 Å². The summed E-state index contributed by atoms with van der Waals surface area (Å²) in [6.07, 6.45) is -0.612. The molecule has 112 valence electrons. The molecule has 0 aromatic carbocycles. The number of aliphatic carboxylic acids is 1. The van der Waals surface area contributed by atoms with E-state index in [1.165, 1.54) is 4.90 Å². The zero-order valence-corrected chi connectivity index (χ0v) is 11.4. The number of amides is 3. The highest BCUT2D eigenvalue weighted by molar-refractivity contribution is 5.88. The molecule has 2 aliphatic rings. The second kappa shape index (κ2) is 6.08. The van der Waals surface area contributed by atoms with Crippen molar-refractivity contribution in [2.45, 2.75) is 25.5 Å². The highest BCUT2D eigenvalue weighted by atomic mass is 16.5. The molecule has 0 aromatic heterocycles. The van der Waals surface area contributed by atoms with E-state index in [2.05, 4.69) is 5.32 Å². The Morgan fingerprint density at radius 2 is 2.20 bits per heavy atom. The Morgan fingerprint density at radius 1 is 1.45 bits per heavy atom. The van der Waals surface area contributed by atoms with Crippen LogP contribution in [0, 0.1) is 0 Å². The average Bonchev–Trinajstić information content (AvgIpc) is 2.41. The first-order valence-corrected chi connectivity index (χ1v) is 6.65. The summed E-state index contributed by atoms with van der Waals surface area (Å²) in [6, 6.07) is -0.733. The molecule has 2 N–H and O–H groups in total. The third-order valence-corrected chi connectivity index (χ3v) is 3.56. The van der Waals surface area contributed by atoms with E-state index in [4.69, 9.17) is 9.84 Å². The topological polar surface area (TPSA) is 99.2 Å². The Bertz CT molecular complexity index is 414. The maximum Gasteiger partial charge on any atom is 0.320 e. The van der Waals surface area contributed by atoms with Crippen molar-refractivity contribution >= 4 is 17.9 Å². The molecule has 2 fully saturated rings. The normalized spacial score (nSPS) is 27.1. The van der Waals surface area contributed by atoms with Crippen LogP contribution in [0.1, 0.15) is 13.3 Å². The van der Waals surface area contributed by atoms with Gasteiger partial charge in [0.25, 0.3) is 0 Å². The molecule has 2 rings (SSSR count). The van der Waals surface area contributed by atoms with Gasteiger partial charge in [-0.15, -0.1) is 0 Å². The molecule has 0 spiro atoms. The van der Waals surface area contributed by atoms with Crippen molar-refractivity contribution in [3.8, 4) is 0 Å². The highest BCUT2D eigenvalue weighted by Gasteiger charge is 2.34. The number of carbonyl (C=O) groups is 3. The second-order valence-electron chi connectivity index (χ2n) is 4.98. The zero-order valence-electron chi connectivity index (χ0n) is 11.4. The molecule has 0 saturated carbocycles. The van der Waals surface area contributed by atoms with Gasteiger partial charge in [0, 0.05) is 26.2 Å². The molecule has 2 unspecified atom stereocenters. The fourth-order valence-electron chi connectivity index (χ4n) is 2.44. The first kappa shape index (κ1) is 14.6. The van der Waals surface area contributed by atoms with Gasteiger partial charge in [-0.05, 0) is 6.92 Å².